The number of nitrogens with zero attached hydrogens (tertiary/aromatic N) is 2. The van der Waals surface area contributed by atoms with E-state index in [2.05, 4.69) is 42.5 Å². The number of anilines is 1. The molecule has 0 saturated carbocycles. The van der Waals surface area contributed by atoms with Gasteiger partial charge in [-0.3, -0.25) is 4.98 Å². The second-order valence-electron chi connectivity index (χ2n) is 6.99. The minimum Gasteiger partial charge on any atom is -0.356 e. The fraction of sp³-hybridized carbons (Fsp3) is 0.120. The average Bonchev–Trinajstić information content (AvgIpc) is 2.71. The molecule has 1 N–H and O–H groups in total. The van der Waals surface area contributed by atoms with Gasteiger partial charge < -0.3 is 5.32 Å². The molecule has 0 unspecified atom stereocenters. The summed E-state index contributed by atoms with van der Waals surface area (Å²) in [4.78, 5) is 9.13. The Kier molecular flexibility index (Phi) is 6.03. The number of hydrogen-bond acceptors (Lipinski definition) is 3. The fourth-order valence-electron chi connectivity index (χ4n) is 3.08. The summed E-state index contributed by atoms with van der Waals surface area (Å²) in [6.07, 6.45) is 5.91. The lowest BCUT2D eigenvalue weighted by atomic mass is 9.90. The van der Waals surface area contributed by atoms with Gasteiger partial charge in [-0.15, -0.1) is 0 Å². The monoisotopic (exact) mass is 385 g/mol. The maximum absolute atomic E-state index is 13.2. The lowest BCUT2D eigenvalue weighted by Crippen LogP contribution is -2.13. The molecule has 3 rings (SSSR count). The van der Waals surface area contributed by atoms with Crippen molar-refractivity contribution >= 4 is 17.1 Å². The quantitative estimate of drug-likeness (QED) is 0.639. The Morgan fingerprint density at radius 3 is 2.41 bits per heavy atom. The average molecular weight is 385 g/mol. The van der Waals surface area contributed by atoms with Crippen LogP contribution in [-0.4, -0.2) is 10.7 Å². The van der Waals surface area contributed by atoms with E-state index in [1.54, 1.807) is 18.3 Å². The first kappa shape index (κ1) is 20.2. The van der Waals surface area contributed by atoms with Gasteiger partial charge in [0.05, 0.1) is 17.1 Å². The molecule has 0 saturated heterocycles. The smallest absolute Gasteiger partial charge is 0.123 e. The summed E-state index contributed by atoms with van der Waals surface area (Å²) in [6, 6.07) is 11.9. The van der Waals surface area contributed by atoms with Crippen LogP contribution in [0.2, 0.25) is 0 Å². The molecule has 0 radical (unpaired) electrons. The van der Waals surface area contributed by atoms with Gasteiger partial charge in [0.2, 0.25) is 0 Å². The number of allylic oxidation sites excluding steroid dienone is 6. The number of aliphatic imine (C=N–C) groups is 1. The summed E-state index contributed by atoms with van der Waals surface area (Å²) in [6.45, 7) is 14.3. The Hall–Kier alpha value is -3.53. The molecule has 1 aliphatic carbocycles. The normalized spacial score (nSPS) is 16.8. The number of hydrogen-bond donors (Lipinski definition) is 1. The zero-order valence-electron chi connectivity index (χ0n) is 17.0. The van der Waals surface area contributed by atoms with Crippen LogP contribution in [0.25, 0.3) is 5.70 Å². The van der Waals surface area contributed by atoms with Crippen molar-refractivity contribution in [1.29, 1.82) is 0 Å². The summed E-state index contributed by atoms with van der Waals surface area (Å²) in [5.41, 5.74) is 7.78. The van der Waals surface area contributed by atoms with Crippen LogP contribution in [-0.2, 0) is 0 Å². The first-order chi connectivity index (χ1) is 13.8. The standard InChI is InChI=1S/C25H24FN3/c1-16-14-17(2)25(29-20(5)24-8-6-7-13-27-24)23(15-16)18(3)19(4)28-22-11-9-21(26)10-12-22/h6-15,28H,4-5H2,1-3H3/b23-18+,29-25?. The van der Waals surface area contributed by atoms with E-state index in [1.807, 2.05) is 32.0 Å². The van der Waals surface area contributed by atoms with E-state index in [4.69, 9.17) is 4.99 Å². The zero-order valence-corrected chi connectivity index (χ0v) is 17.0. The first-order valence-corrected chi connectivity index (χ1v) is 9.34. The van der Waals surface area contributed by atoms with Gasteiger partial charge in [-0.1, -0.05) is 30.9 Å². The number of halogens is 1. The Morgan fingerprint density at radius 1 is 1.03 bits per heavy atom. The van der Waals surface area contributed by atoms with Crippen molar-refractivity contribution in [3.8, 4) is 0 Å². The largest absolute Gasteiger partial charge is 0.356 e. The van der Waals surface area contributed by atoms with Crippen LogP contribution in [0, 0.1) is 5.82 Å². The molecule has 0 atom stereocenters. The van der Waals surface area contributed by atoms with E-state index in [9.17, 15) is 4.39 Å². The van der Waals surface area contributed by atoms with E-state index in [-0.39, 0.29) is 5.82 Å². The van der Waals surface area contributed by atoms with Crippen LogP contribution in [0.5, 0.6) is 0 Å². The second-order valence-corrected chi connectivity index (χ2v) is 6.99. The Labute approximate surface area is 171 Å². The van der Waals surface area contributed by atoms with Gasteiger partial charge in [0.15, 0.2) is 0 Å². The SMILES string of the molecule is C=C(Nc1ccc(F)cc1)/C(C)=C1\C=C(C)C=C(C)C1=NC(=C)c1ccccn1. The van der Waals surface area contributed by atoms with Gasteiger partial charge in [0.1, 0.15) is 5.82 Å². The molecular formula is C25H24FN3. The van der Waals surface area contributed by atoms with Gasteiger partial charge in [0, 0.05) is 23.2 Å². The summed E-state index contributed by atoms with van der Waals surface area (Å²) in [5, 5.41) is 3.24. The van der Waals surface area contributed by atoms with E-state index in [0.29, 0.717) is 5.70 Å². The van der Waals surface area contributed by atoms with E-state index in [0.717, 1.165) is 45.1 Å². The van der Waals surface area contributed by atoms with Crippen LogP contribution in [0.4, 0.5) is 10.1 Å². The van der Waals surface area contributed by atoms with Gasteiger partial charge in [-0.05, 0) is 74.4 Å². The van der Waals surface area contributed by atoms with Crippen molar-refractivity contribution in [3.63, 3.8) is 0 Å². The highest BCUT2D eigenvalue weighted by atomic mass is 19.1. The lowest BCUT2D eigenvalue weighted by Gasteiger charge is -2.20. The van der Waals surface area contributed by atoms with Gasteiger partial charge >= 0.3 is 0 Å². The minimum absolute atomic E-state index is 0.273. The molecule has 146 valence electrons. The fourth-order valence-corrected chi connectivity index (χ4v) is 3.08. The molecular weight excluding hydrogens is 361 g/mol. The minimum atomic E-state index is -0.273. The molecule has 1 aromatic heterocycles. The van der Waals surface area contributed by atoms with E-state index < -0.39 is 0 Å². The zero-order chi connectivity index (χ0) is 21.0. The van der Waals surface area contributed by atoms with Gasteiger partial charge in [-0.2, -0.15) is 0 Å². The van der Waals surface area contributed by atoms with Crippen molar-refractivity contribution in [2.45, 2.75) is 20.8 Å². The number of rotatable bonds is 5. The molecule has 29 heavy (non-hydrogen) atoms. The Morgan fingerprint density at radius 2 is 1.76 bits per heavy atom. The Balaban J connectivity index is 1.97. The number of benzene rings is 1. The molecule has 1 aromatic carbocycles. The molecule has 0 aliphatic heterocycles. The maximum atomic E-state index is 13.2. The number of aromatic nitrogens is 1. The predicted molar refractivity (Wildman–Crippen MR) is 120 cm³/mol. The molecule has 0 bridgehead atoms. The van der Waals surface area contributed by atoms with Crippen molar-refractivity contribution in [1.82, 2.24) is 4.98 Å². The van der Waals surface area contributed by atoms with Crippen molar-refractivity contribution in [3.05, 3.63) is 113 Å². The highest BCUT2D eigenvalue weighted by Gasteiger charge is 2.17. The van der Waals surface area contributed by atoms with Crippen LogP contribution in [0.15, 0.2) is 107 Å². The van der Waals surface area contributed by atoms with Crippen molar-refractivity contribution in [2.75, 3.05) is 5.32 Å². The maximum Gasteiger partial charge on any atom is 0.123 e. The summed E-state index contributed by atoms with van der Waals surface area (Å²) < 4.78 is 13.2. The van der Waals surface area contributed by atoms with E-state index in [1.165, 1.54) is 12.1 Å². The van der Waals surface area contributed by atoms with Gasteiger partial charge in [-0.25, -0.2) is 9.38 Å². The Bertz CT molecular complexity index is 1070. The highest BCUT2D eigenvalue weighted by molar-refractivity contribution is 6.17. The first-order valence-electron chi connectivity index (χ1n) is 9.34. The van der Waals surface area contributed by atoms with Crippen LogP contribution in [0.1, 0.15) is 26.5 Å². The van der Waals surface area contributed by atoms with Crippen LogP contribution < -0.4 is 5.32 Å². The topological polar surface area (TPSA) is 37.3 Å². The third-order valence-electron chi connectivity index (χ3n) is 4.65. The lowest BCUT2D eigenvalue weighted by molar-refractivity contribution is 0.628. The number of nitrogens with one attached hydrogen (secondary N) is 1. The molecule has 2 aromatic rings. The predicted octanol–water partition coefficient (Wildman–Crippen LogP) is 6.48. The number of pyridine rings is 1. The van der Waals surface area contributed by atoms with Crippen LogP contribution in [0.3, 0.4) is 0 Å². The summed E-state index contributed by atoms with van der Waals surface area (Å²) in [7, 11) is 0. The molecule has 0 fully saturated rings. The third kappa shape index (κ3) is 4.85. The summed E-state index contributed by atoms with van der Waals surface area (Å²) >= 11 is 0. The molecule has 3 nitrogen and oxygen atoms in total. The molecule has 1 aliphatic rings. The third-order valence-corrected chi connectivity index (χ3v) is 4.65. The van der Waals surface area contributed by atoms with Gasteiger partial charge in [0.25, 0.3) is 0 Å². The summed E-state index contributed by atoms with van der Waals surface area (Å²) in [5.74, 6) is -0.273. The van der Waals surface area contributed by atoms with Crippen molar-refractivity contribution < 1.29 is 4.39 Å². The van der Waals surface area contributed by atoms with E-state index >= 15 is 0 Å². The molecule has 0 spiro atoms. The molecule has 1 heterocycles. The van der Waals surface area contributed by atoms with Crippen LogP contribution >= 0.6 is 0 Å². The molecule has 0 amide bonds. The van der Waals surface area contributed by atoms with Crippen molar-refractivity contribution in [2.24, 2.45) is 4.99 Å². The molecule has 4 heteroatoms. The highest BCUT2D eigenvalue weighted by Crippen LogP contribution is 2.28. The second kappa shape index (κ2) is 8.65.